The molecule has 4 aromatic carbocycles. The van der Waals surface area contributed by atoms with Crippen molar-refractivity contribution in [1.29, 1.82) is 0 Å². The monoisotopic (exact) mass is 1620 g/mol. The molecule has 26 atom stereocenters. The Morgan fingerprint density at radius 2 is 1.16 bits per heavy atom. The molecule has 34 nitrogen and oxygen atoms in total. The lowest BCUT2D eigenvalue weighted by Gasteiger charge is -2.43. The van der Waals surface area contributed by atoms with Crippen LogP contribution in [0.25, 0.3) is 20.9 Å². The van der Waals surface area contributed by atoms with Crippen LogP contribution in [0.1, 0.15) is 116 Å². The minimum absolute atomic E-state index is 0.000165. The van der Waals surface area contributed by atoms with Gasteiger partial charge in [-0.3, -0.25) is 28.7 Å². The number of nitrogens with one attached hydrogen (secondary N) is 1. The topological polar surface area (TPSA) is 439 Å². The molecule has 4 bridgehead atoms. The molecule has 4 aromatic rings. The number of hydrogen-bond donors (Lipinski definition) is 4. The molecule has 0 radical (unpaired) electrons. The molecule has 0 amide bonds. The highest BCUT2D eigenvalue weighted by molar-refractivity contribution is 6.61. The van der Waals surface area contributed by atoms with Crippen molar-refractivity contribution in [3.05, 3.63) is 164 Å². The molecule has 0 spiro atoms. The molecule has 0 aromatic heterocycles. The number of carbonyl (C=O) groups excluding carboxylic acids is 6. The first-order chi connectivity index (χ1) is 54.6. The average molecular weight is 1620 g/mol. The molecule has 35 heteroatoms. The molecule has 12 rings (SSSR count). The second kappa shape index (κ2) is 45.1. The second-order valence-corrected chi connectivity index (χ2v) is 29.7. The first-order valence-corrected chi connectivity index (χ1v) is 38.1. The lowest BCUT2D eigenvalue weighted by atomic mass is 9.87. The average Bonchev–Trinajstić information content (AvgIpc) is 1.62. The van der Waals surface area contributed by atoms with Gasteiger partial charge in [0.1, 0.15) is 80.8 Å². The number of aliphatic hydroxyl groups excluding tert-OH is 3. The Morgan fingerprint density at radius 1 is 0.614 bits per heavy atom. The van der Waals surface area contributed by atoms with Gasteiger partial charge < -0.3 is 101 Å². The molecule has 8 aliphatic rings. The summed E-state index contributed by atoms with van der Waals surface area (Å²) in [5.41, 5.74) is 19.7. The van der Waals surface area contributed by atoms with Gasteiger partial charge in [-0.05, 0) is 74.7 Å². The van der Waals surface area contributed by atoms with E-state index in [0.29, 0.717) is 25.2 Å². The first-order valence-electron chi connectivity index (χ1n) is 37.8. The van der Waals surface area contributed by atoms with Crippen molar-refractivity contribution < 1.29 is 129 Å². The highest BCUT2D eigenvalue weighted by atomic mass is 35.5. The van der Waals surface area contributed by atoms with Crippen LogP contribution >= 0.6 is 11.6 Å². The van der Waals surface area contributed by atoms with Gasteiger partial charge in [-0.15, -0.1) is 0 Å². The maximum atomic E-state index is 12.2. The molecule has 114 heavy (non-hydrogen) atoms. The van der Waals surface area contributed by atoms with E-state index in [1.54, 1.807) is 33.1 Å². The van der Waals surface area contributed by atoms with Gasteiger partial charge in [0, 0.05) is 65.7 Å². The Morgan fingerprint density at radius 3 is 1.68 bits per heavy atom. The standard InChI is InChI=1S/C21H23N3O3.C17H25NO4.C17H28O8.C16H19ClO7.C8H11N3O5/c22-24-23-19-17-11-12-18(27-17)20(25-13-15-7-3-1-4-8-15)21(19)26-14-16-9-5-2-6-10-16;1-4-14-16(20)11(2)15(17(21-3)22-14)18-10-13(19)12-8-6-5-7-9-12;1-10(19)7-21-13-11(2)14-15(22-12(13)8-20-9-18)24-17(6,23-14)25-16(3,4)5;1-10-13(24-16(17)20)12(8-21-9-18)23-15(19)14(10)22-7-11-5-3-2-4-6-11;1-3(12)15-7-5(10-11-9)8-14-2-4(16-8)6(7)13/h1-10,17-21H,11-14H2;5-9,11,14-18,20H,4,10H2,1-3H3;9,11-15H,7-8H2,1-6H3;2-6,9-10,12-15,19H,7-8H2,1H3;4-8,13H,2H2,1H3/t17?,18-,19-,20-,21?;11-,14?,15?,16+,17-;11?,12-,13-,14-,15?,17?;10-,12?,13-,14?,15+;4-,5+,6-,7?,8?/m11001/s1. The predicted molar refractivity (Wildman–Crippen MR) is 402 cm³/mol. The number of ketones is 2. The zero-order valence-electron chi connectivity index (χ0n) is 65.6. The molecule has 11 unspecified atom stereocenters. The number of fused-ring (bicyclic) bond motifs is 5. The maximum absolute atomic E-state index is 12.2. The van der Waals surface area contributed by atoms with Crippen LogP contribution in [0, 0.1) is 17.8 Å². The number of carbonyl (C=O) groups is 6. The Kier molecular flexibility index (Phi) is 36.3. The Labute approximate surface area is 666 Å². The molecule has 0 aliphatic carbocycles. The summed E-state index contributed by atoms with van der Waals surface area (Å²) in [5.74, 6) is -2.56. The molecule has 8 fully saturated rings. The minimum atomic E-state index is -1.26. The van der Waals surface area contributed by atoms with Gasteiger partial charge in [0.25, 0.3) is 18.9 Å². The highest BCUT2D eigenvalue weighted by Gasteiger charge is 2.58. The summed E-state index contributed by atoms with van der Waals surface area (Å²) in [7, 11) is 1.58. The normalized spacial score (nSPS) is 33.5. The van der Waals surface area contributed by atoms with E-state index in [4.69, 9.17) is 103 Å². The van der Waals surface area contributed by atoms with E-state index < -0.39 is 121 Å². The number of azide groups is 2. The third-order valence-corrected chi connectivity index (χ3v) is 20.0. The van der Waals surface area contributed by atoms with E-state index >= 15 is 0 Å². The van der Waals surface area contributed by atoms with Gasteiger partial charge in [0.05, 0.1) is 87.3 Å². The van der Waals surface area contributed by atoms with Crippen LogP contribution in [-0.2, 0) is 124 Å². The Bertz CT molecular complexity index is 3720. The number of Topliss-reactive ketones (excluding diaryl/α,β-unsaturated/α-hetero) is 2. The van der Waals surface area contributed by atoms with Crippen molar-refractivity contribution >= 4 is 47.5 Å². The first kappa shape index (κ1) is 91.8. The highest BCUT2D eigenvalue weighted by Crippen LogP contribution is 2.44. The number of esters is 1. The molecule has 0 saturated carbocycles. The third kappa shape index (κ3) is 26.4. The van der Waals surface area contributed by atoms with Crippen LogP contribution in [0.3, 0.4) is 0 Å². The molecule has 8 heterocycles. The molecular formula is C79H106ClN7O27. The van der Waals surface area contributed by atoms with Crippen molar-refractivity contribution in [3.63, 3.8) is 0 Å². The minimum Gasteiger partial charge on any atom is -0.465 e. The van der Waals surface area contributed by atoms with Crippen LogP contribution in [-0.4, -0.2) is 238 Å². The van der Waals surface area contributed by atoms with Gasteiger partial charge >= 0.3 is 11.4 Å². The summed E-state index contributed by atoms with van der Waals surface area (Å²) in [6.07, 6.45) is -8.55. The van der Waals surface area contributed by atoms with Gasteiger partial charge in [-0.1, -0.05) is 159 Å². The Balaban J connectivity index is 0.000000180. The number of nitrogens with zero attached hydrogens (tertiary/aromatic N) is 6. The van der Waals surface area contributed by atoms with E-state index in [9.17, 15) is 44.1 Å². The zero-order chi connectivity index (χ0) is 82.7. The fraction of sp³-hybridized carbons (Fsp3) is 0.620. The predicted octanol–water partition coefficient (Wildman–Crippen LogP) is 8.96. The summed E-state index contributed by atoms with van der Waals surface area (Å²) in [4.78, 5) is 72.0. The van der Waals surface area contributed by atoms with Crippen LogP contribution in [0.15, 0.2) is 132 Å². The van der Waals surface area contributed by atoms with Gasteiger partial charge in [0.15, 0.2) is 36.7 Å². The van der Waals surface area contributed by atoms with Crippen LogP contribution in [0.4, 0.5) is 4.79 Å². The number of hydrogen-bond acceptors (Lipinski definition) is 30. The smallest absolute Gasteiger partial charge is 0.404 e. The number of ether oxygens (including phenoxy) is 18. The summed E-state index contributed by atoms with van der Waals surface area (Å²) < 4.78 is 100. The Hall–Kier alpha value is -7.71. The molecule has 8 saturated heterocycles. The summed E-state index contributed by atoms with van der Waals surface area (Å²) in [6.45, 7) is 19.6. The van der Waals surface area contributed by atoms with Crippen molar-refractivity contribution in [2.75, 3.05) is 40.1 Å². The fourth-order valence-corrected chi connectivity index (χ4v) is 14.7. The summed E-state index contributed by atoms with van der Waals surface area (Å²) >= 11 is 5.30. The van der Waals surface area contributed by atoms with Crippen LogP contribution < -0.4 is 5.32 Å². The van der Waals surface area contributed by atoms with E-state index in [2.05, 4.69) is 30.1 Å². The SMILES string of the molecule is CC(=O)CO[C@H]1C(C)[C@@H]2OC(C)(OC(C)(C)C)OC2O[C@H]1COC=O.CC(=O)OC1[C@H](N=[N+]=[N-])C2OC[C@@H](O2)[C@H]1O.CCC1O[C@@H](OC)C(NCC(=O)c2ccccc2)[C@@H](C)[C@@H]1O.C[C@@H]1C(OCc2ccccc2)[C@H](O)OC(COC=O)[C@H]1OC(=O)Cl.[N-]=[N+]=N[C@@H]1C2CC[C@@H](O2)[C@@H](OCc2ccccc2)C1OCc1ccccc1. The number of benzene rings is 4. The number of rotatable bonds is 29. The van der Waals surface area contributed by atoms with E-state index in [1.165, 1.54) is 13.8 Å². The lowest BCUT2D eigenvalue weighted by molar-refractivity contribution is -0.371. The van der Waals surface area contributed by atoms with Gasteiger partial charge in [0.2, 0.25) is 0 Å². The summed E-state index contributed by atoms with van der Waals surface area (Å²) in [5, 5.41) is 40.9. The quantitative estimate of drug-likeness (QED) is 0.00575. The fourth-order valence-electron chi connectivity index (χ4n) is 14.6. The molecule has 626 valence electrons. The van der Waals surface area contributed by atoms with Gasteiger partial charge in [-0.25, -0.2) is 4.79 Å². The van der Waals surface area contributed by atoms with E-state index in [-0.39, 0.29) is 112 Å². The van der Waals surface area contributed by atoms with Crippen molar-refractivity contribution in [2.45, 2.75) is 255 Å². The van der Waals surface area contributed by atoms with E-state index in [1.807, 2.05) is 151 Å². The number of methoxy groups -OCH3 is 1. The third-order valence-electron chi connectivity index (χ3n) is 19.9. The van der Waals surface area contributed by atoms with Crippen molar-refractivity contribution in [1.82, 2.24) is 5.32 Å². The lowest BCUT2D eigenvalue weighted by Crippen LogP contribution is -2.59. The second-order valence-electron chi connectivity index (χ2n) is 29.4. The molecule has 8 aliphatic heterocycles. The molecule has 4 N–H and O–H groups in total. The van der Waals surface area contributed by atoms with Crippen molar-refractivity contribution in [3.8, 4) is 0 Å². The largest absolute Gasteiger partial charge is 0.465 e. The van der Waals surface area contributed by atoms with Crippen molar-refractivity contribution in [2.24, 2.45) is 28.0 Å². The zero-order valence-corrected chi connectivity index (χ0v) is 66.4. The van der Waals surface area contributed by atoms with Crippen LogP contribution in [0.5, 0.6) is 0 Å². The number of halogens is 1. The van der Waals surface area contributed by atoms with Gasteiger partial charge in [-0.2, -0.15) is 0 Å². The van der Waals surface area contributed by atoms with E-state index in [0.717, 1.165) is 36.0 Å². The van der Waals surface area contributed by atoms with Crippen LogP contribution in [0.2, 0.25) is 0 Å². The molecular weight excluding hydrogens is 1510 g/mol. The maximum Gasteiger partial charge on any atom is 0.404 e. The number of aliphatic hydroxyl groups is 3. The summed E-state index contributed by atoms with van der Waals surface area (Å²) in [6, 6.07) is 37.1.